The number of aromatic nitrogens is 4. The van der Waals surface area contributed by atoms with E-state index in [-0.39, 0.29) is 5.82 Å². The number of fused-ring (bicyclic) bond motifs is 3. The number of para-hydroxylation sites is 1. The fraction of sp³-hybridized carbons (Fsp3) is 0.0455. The smallest absolute Gasteiger partial charge is 0.257 e. The van der Waals surface area contributed by atoms with Gasteiger partial charge in [0.1, 0.15) is 18.0 Å². The third kappa shape index (κ3) is 2.58. The zero-order valence-corrected chi connectivity index (χ0v) is 15.1. The second-order valence-electron chi connectivity index (χ2n) is 6.54. The molecule has 0 saturated heterocycles. The molecule has 3 aromatic carbocycles. The molecule has 0 aliphatic heterocycles. The molecular weight excluding hydrogens is 353 g/mol. The Bertz CT molecular complexity index is 1310. The van der Waals surface area contributed by atoms with Crippen molar-refractivity contribution in [2.45, 2.75) is 0 Å². The molecule has 0 aliphatic rings. The summed E-state index contributed by atoms with van der Waals surface area (Å²) in [6, 6.07) is 22.5. The van der Waals surface area contributed by atoms with E-state index in [0.717, 1.165) is 28.0 Å². The van der Waals surface area contributed by atoms with Crippen LogP contribution in [-0.2, 0) is 0 Å². The van der Waals surface area contributed by atoms with Crippen LogP contribution in [0.15, 0.2) is 79.1 Å². The number of hydrogen-bond acceptors (Lipinski definition) is 4. The highest BCUT2D eigenvalue weighted by atomic mass is 19.1. The fourth-order valence-electron chi connectivity index (χ4n) is 3.46. The Labute approximate surface area is 160 Å². The van der Waals surface area contributed by atoms with Crippen molar-refractivity contribution in [2.75, 3.05) is 11.9 Å². The lowest BCUT2D eigenvalue weighted by atomic mass is 10.0. The Morgan fingerprint density at radius 1 is 0.929 bits per heavy atom. The molecule has 0 bridgehead atoms. The quantitative estimate of drug-likeness (QED) is 0.456. The molecule has 136 valence electrons. The molecule has 0 N–H and O–H groups in total. The molecule has 0 radical (unpaired) electrons. The molecule has 0 aliphatic carbocycles. The monoisotopic (exact) mass is 369 g/mol. The Kier molecular flexibility index (Phi) is 3.76. The van der Waals surface area contributed by atoms with E-state index in [2.05, 4.69) is 10.2 Å². The van der Waals surface area contributed by atoms with E-state index < -0.39 is 0 Å². The van der Waals surface area contributed by atoms with Gasteiger partial charge in [-0.2, -0.15) is 4.98 Å². The first-order valence-electron chi connectivity index (χ1n) is 8.89. The lowest BCUT2D eigenvalue weighted by Crippen LogP contribution is -2.13. The maximum Gasteiger partial charge on any atom is 0.257 e. The summed E-state index contributed by atoms with van der Waals surface area (Å²) >= 11 is 0. The Morgan fingerprint density at radius 2 is 1.75 bits per heavy atom. The molecule has 0 saturated carbocycles. The molecular formula is C22H16FN5. The van der Waals surface area contributed by atoms with Gasteiger partial charge in [0.25, 0.3) is 5.78 Å². The summed E-state index contributed by atoms with van der Waals surface area (Å²) in [5.74, 6) is 1.06. The van der Waals surface area contributed by atoms with Crippen LogP contribution >= 0.6 is 0 Å². The van der Waals surface area contributed by atoms with Crippen LogP contribution in [0, 0.1) is 5.82 Å². The van der Waals surface area contributed by atoms with Crippen LogP contribution in [0.3, 0.4) is 0 Å². The van der Waals surface area contributed by atoms with Crippen LogP contribution in [0.5, 0.6) is 0 Å². The highest BCUT2D eigenvalue weighted by molar-refractivity contribution is 5.93. The van der Waals surface area contributed by atoms with Crippen molar-refractivity contribution in [3.05, 3.63) is 84.9 Å². The molecule has 28 heavy (non-hydrogen) atoms. The molecule has 0 fully saturated rings. The first-order valence-corrected chi connectivity index (χ1v) is 8.89. The average Bonchev–Trinajstić information content (AvgIpc) is 3.22. The van der Waals surface area contributed by atoms with Crippen LogP contribution < -0.4 is 4.90 Å². The zero-order valence-electron chi connectivity index (χ0n) is 15.1. The van der Waals surface area contributed by atoms with Gasteiger partial charge in [-0.15, -0.1) is 10.2 Å². The number of rotatable bonds is 3. The van der Waals surface area contributed by atoms with Gasteiger partial charge in [0.05, 0.1) is 5.52 Å². The van der Waals surface area contributed by atoms with Gasteiger partial charge in [-0.3, -0.25) is 4.40 Å². The van der Waals surface area contributed by atoms with E-state index in [1.165, 1.54) is 6.07 Å². The summed E-state index contributed by atoms with van der Waals surface area (Å²) in [4.78, 5) is 6.69. The number of benzene rings is 3. The minimum Gasteiger partial charge on any atom is -0.329 e. The van der Waals surface area contributed by atoms with Gasteiger partial charge in [-0.1, -0.05) is 42.5 Å². The average molecular weight is 369 g/mol. The van der Waals surface area contributed by atoms with Gasteiger partial charge in [0, 0.05) is 23.7 Å². The van der Waals surface area contributed by atoms with Crippen LogP contribution in [0.2, 0.25) is 0 Å². The van der Waals surface area contributed by atoms with Crippen molar-refractivity contribution in [3.8, 4) is 11.1 Å². The molecule has 2 aromatic heterocycles. The van der Waals surface area contributed by atoms with Crippen molar-refractivity contribution in [2.24, 2.45) is 0 Å². The van der Waals surface area contributed by atoms with E-state index >= 15 is 0 Å². The largest absolute Gasteiger partial charge is 0.329 e. The normalized spacial score (nSPS) is 11.2. The Morgan fingerprint density at radius 3 is 2.64 bits per heavy atom. The Balaban J connectivity index is 1.67. The van der Waals surface area contributed by atoms with Crippen molar-refractivity contribution in [1.82, 2.24) is 19.6 Å². The van der Waals surface area contributed by atoms with Crippen LogP contribution in [0.25, 0.3) is 27.8 Å². The second kappa shape index (κ2) is 6.42. The first kappa shape index (κ1) is 16.4. The summed E-state index contributed by atoms with van der Waals surface area (Å²) in [7, 11) is 1.95. The van der Waals surface area contributed by atoms with Gasteiger partial charge in [0.15, 0.2) is 0 Å². The maximum absolute atomic E-state index is 14.2. The van der Waals surface area contributed by atoms with Gasteiger partial charge < -0.3 is 4.90 Å². The maximum atomic E-state index is 14.2. The number of hydrogen-bond donors (Lipinski definition) is 0. The molecule has 0 amide bonds. The molecule has 5 aromatic rings. The third-order valence-corrected chi connectivity index (χ3v) is 4.88. The molecule has 0 atom stereocenters. The molecule has 0 unspecified atom stereocenters. The van der Waals surface area contributed by atoms with Crippen molar-refractivity contribution < 1.29 is 4.39 Å². The van der Waals surface area contributed by atoms with Gasteiger partial charge in [-0.05, 0) is 35.9 Å². The molecule has 2 heterocycles. The molecule has 5 rings (SSSR count). The van der Waals surface area contributed by atoms with E-state index in [0.29, 0.717) is 11.3 Å². The Hall–Kier alpha value is -3.80. The number of halogens is 1. The summed E-state index contributed by atoms with van der Waals surface area (Å²) in [6.07, 6.45) is 1.66. The molecule has 5 nitrogen and oxygen atoms in total. The highest BCUT2D eigenvalue weighted by Gasteiger charge is 2.15. The predicted molar refractivity (Wildman–Crippen MR) is 108 cm³/mol. The summed E-state index contributed by atoms with van der Waals surface area (Å²) in [6.45, 7) is 0. The lowest BCUT2D eigenvalue weighted by molar-refractivity contribution is 0.631. The van der Waals surface area contributed by atoms with E-state index in [4.69, 9.17) is 4.98 Å². The molecule has 0 spiro atoms. The van der Waals surface area contributed by atoms with Crippen LogP contribution in [0.1, 0.15) is 0 Å². The highest BCUT2D eigenvalue weighted by Crippen LogP contribution is 2.32. The molecule has 6 heteroatoms. The van der Waals surface area contributed by atoms with E-state index in [1.807, 2.05) is 70.9 Å². The SMILES string of the molecule is CN(c1cccc(-c2ccccc2F)c1)c1nc2nncn2c2ccccc12. The predicted octanol–water partition coefficient (Wildman–Crippen LogP) is 4.85. The summed E-state index contributed by atoms with van der Waals surface area (Å²) < 4.78 is 16.1. The fourth-order valence-corrected chi connectivity index (χ4v) is 3.46. The van der Waals surface area contributed by atoms with Gasteiger partial charge in [-0.25, -0.2) is 4.39 Å². The van der Waals surface area contributed by atoms with E-state index in [9.17, 15) is 4.39 Å². The van der Waals surface area contributed by atoms with Crippen molar-refractivity contribution in [1.29, 1.82) is 0 Å². The lowest BCUT2D eigenvalue weighted by Gasteiger charge is -2.21. The van der Waals surface area contributed by atoms with Crippen molar-refractivity contribution in [3.63, 3.8) is 0 Å². The van der Waals surface area contributed by atoms with E-state index in [1.54, 1.807) is 18.5 Å². The minimum atomic E-state index is -0.240. The minimum absolute atomic E-state index is 0.240. The topological polar surface area (TPSA) is 46.3 Å². The van der Waals surface area contributed by atoms with Gasteiger partial charge >= 0.3 is 0 Å². The summed E-state index contributed by atoms with van der Waals surface area (Å²) in [5.41, 5.74) is 3.27. The first-order chi connectivity index (χ1) is 13.7. The van der Waals surface area contributed by atoms with Crippen molar-refractivity contribution >= 4 is 28.2 Å². The van der Waals surface area contributed by atoms with Crippen LogP contribution in [0.4, 0.5) is 15.9 Å². The number of anilines is 2. The second-order valence-corrected chi connectivity index (χ2v) is 6.54. The number of nitrogens with zero attached hydrogens (tertiary/aromatic N) is 5. The third-order valence-electron chi connectivity index (χ3n) is 4.88. The standard InChI is InChI=1S/C22H16FN5/c1-27(16-8-6-7-15(13-16)17-9-2-4-11-19(17)23)21-18-10-3-5-12-20(18)28-14-24-26-22(28)25-21/h2-14H,1H3. The zero-order chi connectivity index (χ0) is 19.1. The summed E-state index contributed by atoms with van der Waals surface area (Å²) in [5, 5.41) is 9.07. The van der Waals surface area contributed by atoms with Crippen LogP contribution in [-0.4, -0.2) is 26.6 Å². The van der Waals surface area contributed by atoms with Gasteiger partial charge in [0.2, 0.25) is 0 Å².